The van der Waals surface area contributed by atoms with Crippen LogP contribution in [0.15, 0.2) is 89.7 Å². The van der Waals surface area contributed by atoms with Crippen molar-refractivity contribution in [2.24, 2.45) is 34.5 Å². The third-order valence-electron chi connectivity index (χ3n) is 21.6. The molecule has 2 spiro atoms. The molecule has 0 amide bonds. The SMILES string of the molecule is CC1(C)OB(B2OC(C)(C)C(C)(C)O2)OC1(C)C.CC1(C)OB(c2ccc(Cn3ncc4c(F)ccc(C(=O)CC5CC6(CC(CC(=O)O)C6)C5)c43)cc2)OC1(C)C.O=C(O)CC1CC2(C1)CC(CC(=O)c1ccc(F)c3cnn(Cc4ccc(Br)cc4)c13)C2. The predicted molar refractivity (Wildman–Crippen MR) is 344 cm³/mol. The van der Waals surface area contributed by atoms with E-state index in [-0.39, 0.29) is 81.2 Å². The zero-order chi connectivity index (χ0) is 64.9. The minimum atomic E-state index is -0.733. The van der Waals surface area contributed by atoms with E-state index in [1.54, 1.807) is 21.5 Å². The van der Waals surface area contributed by atoms with Crippen molar-refractivity contribution >= 4 is 87.8 Å². The van der Waals surface area contributed by atoms with Crippen LogP contribution in [0.4, 0.5) is 8.78 Å². The third-order valence-corrected chi connectivity index (χ3v) is 22.1. The van der Waals surface area contributed by atoms with Gasteiger partial charge in [0, 0.05) is 41.3 Å². The fourth-order valence-electron chi connectivity index (χ4n) is 14.9. The molecular weight excluding hydrogens is 1220 g/mol. The summed E-state index contributed by atoms with van der Waals surface area (Å²) < 4.78 is 69.7. The predicted octanol–water partition coefficient (Wildman–Crippen LogP) is 13.5. The molecular formula is C68H84B3BrF2N4O12. The Morgan fingerprint density at radius 3 is 1.12 bits per heavy atom. The van der Waals surface area contributed by atoms with Crippen molar-refractivity contribution in [3.63, 3.8) is 0 Å². The number of hydrogen-bond acceptors (Lipinski definition) is 12. The van der Waals surface area contributed by atoms with Gasteiger partial charge in [-0.3, -0.25) is 28.5 Å². The molecule has 3 aliphatic heterocycles. The van der Waals surface area contributed by atoms with Crippen molar-refractivity contribution in [1.29, 1.82) is 0 Å². The second-order valence-electron chi connectivity index (χ2n) is 30.1. The Morgan fingerprint density at radius 1 is 0.478 bits per heavy atom. The zero-order valence-electron chi connectivity index (χ0n) is 53.9. The number of fused-ring (bicyclic) bond motifs is 2. The van der Waals surface area contributed by atoms with E-state index in [1.807, 2.05) is 132 Å². The number of aliphatic carboxylic acids is 2. The topological polar surface area (TPSA) is 200 Å². The van der Waals surface area contributed by atoms with E-state index in [1.165, 1.54) is 24.5 Å². The van der Waals surface area contributed by atoms with Gasteiger partial charge in [-0.2, -0.15) is 10.2 Å². The van der Waals surface area contributed by atoms with E-state index in [0.29, 0.717) is 64.8 Å². The lowest BCUT2D eigenvalue weighted by Gasteiger charge is -2.58. The number of benzene rings is 4. The van der Waals surface area contributed by atoms with Gasteiger partial charge in [0.15, 0.2) is 11.6 Å². The fourth-order valence-corrected chi connectivity index (χ4v) is 15.1. The van der Waals surface area contributed by atoms with E-state index in [9.17, 15) is 28.0 Å². The van der Waals surface area contributed by atoms with Gasteiger partial charge < -0.3 is 38.1 Å². The van der Waals surface area contributed by atoms with Gasteiger partial charge in [-0.05, 0) is 222 Å². The van der Waals surface area contributed by atoms with Gasteiger partial charge in [-0.25, -0.2) is 8.78 Å². The van der Waals surface area contributed by atoms with Crippen LogP contribution in [0.5, 0.6) is 0 Å². The first-order valence-corrected chi connectivity index (χ1v) is 32.5. The lowest BCUT2D eigenvalue weighted by Crippen LogP contribution is -2.48. The molecule has 22 heteroatoms. The number of carbonyl (C=O) groups excluding carboxylic acids is 2. The van der Waals surface area contributed by atoms with Crippen LogP contribution in [0.3, 0.4) is 0 Å². The number of carboxylic acid groups (broad SMARTS) is 2. The summed E-state index contributed by atoms with van der Waals surface area (Å²) in [6.07, 6.45) is 12.1. The maximum atomic E-state index is 14.7. The molecule has 6 aromatic rings. The average Bonchev–Trinajstić information content (AvgIpc) is 0.969. The Morgan fingerprint density at radius 2 is 0.789 bits per heavy atom. The smallest absolute Gasteiger partial charge is 0.481 e. The first-order chi connectivity index (χ1) is 42.0. The number of carboxylic acids is 2. The second kappa shape index (κ2) is 24.1. The van der Waals surface area contributed by atoms with Crippen LogP contribution in [0.2, 0.25) is 0 Å². The van der Waals surface area contributed by atoms with E-state index in [2.05, 4.69) is 26.1 Å². The molecule has 3 saturated heterocycles. The molecule has 4 aromatic carbocycles. The largest absolute Gasteiger partial charge is 0.494 e. The molecule has 4 aliphatic carbocycles. The van der Waals surface area contributed by atoms with Crippen molar-refractivity contribution in [1.82, 2.24) is 19.6 Å². The average molecular weight is 1300 g/mol. The van der Waals surface area contributed by atoms with Gasteiger partial charge in [0.2, 0.25) is 0 Å². The van der Waals surface area contributed by atoms with Crippen LogP contribution in [0.25, 0.3) is 21.8 Å². The lowest BCUT2D eigenvalue weighted by atomic mass is 9.47. The highest BCUT2D eigenvalue weighted by molar-refractivity contribution is 9.10. The molecule has 0 atom stereocenters. The van der Waals surface area contributed by atoms with Gasteiger partial charge >= 0.3 is 33.1 Å². The molecule has 4 saturated carbocycles. The summed E-state index contributed by atoms with van der Waals surface area (Å²) in [6, 6.07) is 21.6. The Bertz CT molecular complexity index is 3630. The zero-order valence-corrected chi connectivity index (χ0v) is 55.5. The van der Waals surface area contributed by atoms with E-state index >= 15 is 0 Å². The normalized spacial score (nSPS) is 26.9. The molecule has 7 fully saturated rings. The van der Waals surface area contributed by atoms with Crippen LogP contribution in [-0.4, -0.2) is 108 Å². The summed E-state index contributed by atoms with van der Waals surface area (Å²) >= 11 is 3.43. The molecule has 0 radical (unpaired) electrons. The van der Waals surface area contributed by atoms with Crippen LogP contribution >= 0.6 is 15.9 Å². The summed E-state index contributed by atoms with van der Waals surface area (Å²) in [4.78, 5) is 48.5. The summed E-state index contributed by atoms with van der Waals surface area (Å²) in [5, 5.41) is 27.5. The van der Waals surface area contributed by atoms with Crippen LogP contribution in [-0.2, 0) is 50.6 Å². The lowest BCUT2D eigenvalue weighted by molar-refractivity contribution is -0.144. The standard InChI is InChI=1S/C31H36BFN2O5.C25H24BrFN2O3.C12H24B2O4/c1-29(2)30(3,4)40-32(39-29)22-7-5-19(6-8-22)18-35-28-23(9-10-25(33)24(28)17-34-35)26(36)11-20-13-31(14-20)15-21(16-31)12-27(37)38;26-18-3-1-15(2-4-18)14-29-24-19(5-6-21(27)20(24)13-28-29)22(30)7-16-9-25(10-16)11-17(12-25)8-23(31)32;1-9(2)10(3,4)16-13(15-9)14-17-11(5,6)12(7,8)18-14/h5-10,17,20-21H,11-16,18H2,1-4H3,(H,37,38);1-6,13,16-17H,7-12,14H2,(H,31,32);1-8H3. The van der Waals surface area contributed by atoms with Gasteiger partial charge in [-0.15, -0.1) is 0 Å². The van der Waals surface area contributed by atoms with Crippen LogP contribution in [0, 0.1) is 46.1 Å². The highest BCUT2D eigenvalue weighted by atomic mass is 79.9. The van der Waals surface area contributed by atoms with Gasteiger partial charge in [0.1, 0.15) is 11.6 Å². The van der Waals surface area contributed by atoms with Crippen LogP contribution < -0.4 is 5.46 Å². The highest BCUT2D eigenvalue weighted by Crippen LogP contribution is 2.64. The van der Waals surface area contributed by atoms with Crippen LogP contribution in [0.1, 0.15) is 192 Å². The van der Waals surface area contributed by atoms with Crippen molar-refractivity contribution in [2.75, 3.05) is 0 Å². The number of rotatable bonds is 16. The second-order valence-corrected chi connectivity index (χ2v) is 31.0. The Balaban J connectivity index is 0.000000149. The fraction of sp³-hybridized carbons (Fsp3) is 0.559. The molecule has 0 unspecified atom stereocenters. The van der Waals surface area contributed by atoms with E-state index < -0.39 is 50.1 Å². The summed E-state index contributed by atoms with van der Waals surface area (Å²) in [6.45, 7) is 25.2. The number of Topliss-reactive ketones (excluding diaryl/α,β-unsaturated/α-hetero) is 2. The Labute approximate surface area is 535 Å². The molecule has 2 aromatic heterocycles. The van der Waals surface area contributed by atoms with Gasteiger partial charge in [0.25, 0.3) is 0 Å². The molecule has 7 aliphatic rings. The highest BCUT2D eigenvalue weighted by Gasteiger charge is 2.64. The van der Waals surface area contributed by atoms with E-state index in [0.717, 1.165) is 72.4 Å². The molecule has 13 rings (SSSR count). The first-order valence-electron chi connectivity index (χ1n) is 31.7. The monoisotopic (exact) mass is 1300 g/mol. The van der Waals surface area contributed by atoms with Crippen molar-refractivity contribution in [3.8, 4) is 0 Å². The molecule has 478 valence electrons. The molecule has 0 bridgehead atoms. The quantitative estimate of drug-likeness (QED) is 0.0685. The number of ketones is 2. The molecule has 2 N–H and O–H groups in total. The van der Waals surface area contributed by atoms with E-state index in [4.69, 9.17) is 38.1 Å². The number of halogens is 3. The molecule has 16 nitrogen and oxygen atoms in total. The first kappa shape index (κ1) is 65.9. The number of aromatic nitrogens is 4. The molecule has 5 heterocycles. The van der Waals surface area contributed by atoms with Crippen molar-refractivity contribution in [3.05, 3.63) is 124 Å². The summed E-state index contributed by atoms with van der Waals surface area (Å²) in [5.41, 5.74) is 3.23. The van der Waals surface area contributed by atoms with Gasteiger partial charge in [-0.1, -0.05) is 52.3 Å². The van der Waals surface area contributed by atoms with Crippen molar-refractivity contribution in [2.45, 2.75) is 207 Å². The molecule has 90 heavy (non-hydrogen) atoms. The number of nitrogens with zero attached hydrogens (tertiary/aromatic N) is 4. The number of carbonyl (C=O) groups is 4. The maximum Gasteiger partial charge on any atom is 0.494 e. The van der Waals surface area contributed by atoms with Crippen molar-refractivity contribution < 1.29 is 66.1 Å². The Kier molecular flexibility index (Phi) is 17.6. The Hall–Kier alpha value is -5.61. The summed E-state index contributed by atoms with van der Waals surface area (Å²) in [7, 11) is -1.40. The summed E-state index contributed by atoms with van der Waals surface area (Å²) in [5.74, 6) is -1.04. The minimum absolute atomic E-state index is 0.00381. The number of hydrogen-bond donors (Lipinski definition) is 2. The maximum absolute atomic E-state index is 14.7. The minimum Gasteiger partial charge on any atom is -0.481 e. The third kappa shape index (κ3) is 13.2. The van der Waals surface area contributed by atoms with Gasteiger partial charge in [0.05, 0.1) is 80.9 Å².